The molecule has 3 rings (SSSR count). The Balaban J connectivity index is 0.00000176. The van der Waals surface area contributed by atoms with E-state index in [4.69, 9.17) is 21.1 Å². The largest absolute Gasteiger partial charge is 0.490 e. The fourth-order valence-corrected chi connectivity index (χ4v) is 3.76. The van der Waals surface area contributed by atoms with Gasteiger partial charge in [0.1, 0.15) is 40.2 Å². The van der Waals surface area contributed by atoms with Crippen LogP contribution in [-0.2, 0) is 10.5 Å². The van der Waals surface area contributed by atoms with E-state index >= 15 is 0 Å². The van der Waals surface area contributed by atoms with Gasteiger partial charge in [0.05, 0.1) is 29.8 Å². The Bertz CT molecular complexity index is 1100. The summed E-state index contributed by atoms with van der Waals surface area (Å²) in [6, 6.07) is 13.2. The molecule has 164 valence electrons. The standard InChI is InChI=1S/C21H16ClN5O2S.C2H6/c1-28-8-9-29-15-5-6-18(26-12-15)19-16(10-23)20(22)27-21(17(19)11-24)30-13-14-4-2-3-7-25-14;1-2/h2-7,12H,8-9,13H2,1H3;1-2H3. The Morgan fingerprint density at radius 2 is 1.81 bits per heavy atom. The minimum atomic E-state index is 0.0252. The molecule has 3 aromatic heterocycles. The van der Waals surface area contributed by atoms with Crippen LogP contribution in [0.1, 0.15) is 30.7 Å². The molecular formula is C23H22ClN5O2S. The maximum atomic E-state index is 9.83. The Labute approximate surface area is 197 Å². The van der Waals surface area contributed by atoms with Crippen LogP contribution >= 0.6 is 23.4 Å². The second-order valence-electron chi connectivity index (χ2n) is 5.89. The lowest BCUT2D eigenvalue weighted by Crippen LogP contribution is -2.04. The van der Waals surface area contributed by atoms with Crippen LogP contribution in [0.2, 0.25) is 5.15 Å². The van der Waals surface area contributed by atoms with Gasteiger partial charge in [-0.25, -0.2) is 4.98 Å². The summed E-state index contributed by atoms with van der Waals surface area (Å²) in [4.78, 5) is 12.9. The summed E-state index contributed by atoms with van der Waals surface area (Å²) >= 11 is 7.60. The summed E-state index contributed by atoms with van der Waals surface area (Å²) in [6.45, 7) is 4.84. The van der Waals surface area contributed by atoms with Gasteiger partial charge in [0.25, 0.3) is 0 Å². The molecular weight excluding hydrogens is 446 g/mol. The first-order valence-corrected chi connectivity index (χ1v) is 11.2. The molecule has 0 aliphatic heterocycles. The zero-order chi connectivity index (χ0) is 23.3. The lowest BCUT2D eigenvalue weighted by molar-refractivity contribution is 0.146. The molecule has 32 heavy (non-hydrogen) atoms. The van der Waals surface area contributed by atoms with Crippen LogP contribution < -0.4 is 4.74 Å². The summed E-state index contributed by atoms with van der Waals surface area (Å²) in [5, 5.41) is 19.9. The zero-order valence-corrected chi connectivity index (χ0v) is 19.6. The first kappa shape index (κ1) is 25.1. The van der Waals surface area contributed by atoms with Gasteiger partial charge in [-0.3, -0.25) is 9.97 Å². The molecule has 0 aromatic carbocycles. The minimum absolute atomic E-state index is 0.0252. The van der Waals surface area contributed by atoms with Gasteiger partial charge in [0, 0.05) is 24.6 Å². The summed E-state index contributed by atoms with van der Waals surface area (Å²) in [7, 11) is 1.59. The molecule has 0 spiro atoms. The van der Waals surface area contributed by atoms with Crippen molar-refractivity contribution in [1.82, 2.24) is 15.0 Å². The van der Waals surface area contributed by atoms with E-state index in [2.05, 4.69) is 21.0 Å². The number of thioether (sulfide) groups is 1. The molecule has 9 heteroatoms. The van der Waals surface area contributed by atoms with Crippen LogP contribution in [0.5, 0.6) is 5.75 Å². The van der Waals surface area contributed by atoms with Crippen molar-refractivity contribution in [1.29, 1.82) is 10.5 Å². The first-order chi connectivity index (χ1) is 15.7. The van der Waals surface area contributed by atoms with E-state index in [1.165, 1.54) is 18.0 Å². The highest BCUT2D eigenvalue weighted by molar-refractivity contribution is 7.98. The van der Waals surface area contributed by atoms with Crippen molar-refractivity contribution in [2.75, 3.05) is 20.3 Å². The normalized spacial score (nSPS) is 9.81. The number of aromatic nitrogens is 3. The van der Waals surface area contributed by atoms with Crippen LogP contribution in [0.4, 0.5) is 0 Å². The molecule has 0 unspecified atom stereocenters. The molecule has 0 aliphatic rings. The number of methoxy groups -OCH3 is 1. The summed E-state index contributed by atoms with van der Waals surface area (Å²) < 4.78 is 10.5. The number of hydrogen-bond acceptors (Lipinski definition) is 8. The van der Waals surface area contributed by atoms with Crippen molar-refractivity contribution in [3.05, 3.63) is 64.7 Å². The summed E-state index contributed by atoms with van der Waals surface area (Å²) in [6.07, 6.45) is 3.23. The van der Waals surface area contributed by atoms with Gasteiger partial charge in [-0.05, 0) is 24.3 Å². The summed E-state index contributed by atoms with van der Waals surface area (Å²) in [5.41, 5.74) is 1.98. The zero-order valence-electron chi connectivity index (χ0n) is 18.0. The van der Waals surface area contributed by atoms with Crippen LogP contribution in [0.15, 0.2) is 47.8 Å². The Morgan fingerprint density at radius 1 is 1.03 bits per heavy atom. The predicted octanol–water partition coefficient (Wildman–Crippen LogP) is 5.28. The monoisotopic (exact) mass is 467 g/mol. The molecule has 3 aromatic rings. The minimum Gasteiger partial charge on any atom is -0.490 e. The maximum absolute atomic E-state index is 9.83. The van der Waals surface area contributed by atoms with Gasteiger partial charge >= 0.3 is 0 Å². The van der Waals surface area contributed by atoms with Gasteiger partial charge in [0.2, 0.25) is 0 Å². The van der Waals surface area contributed by atoms with E-state index in [-0.39, 0.29) is 16.3 Å². The lowest BCUT2D eigenvalue weighted by Gasteiger charge is -2.12. The van der Waals surface area contributed by atoms with E-state index < -0.39 is 0 Å². The molecule has 0 radical (unpaired) electrons. The number of rotatable bonds is 8. The Kier molecular flexibility index (Phi) is 10.4. The number of pyridine rings is 3. The lowest BCUT2D eigenvalue weighted by atomic mass is 10.0. The van der Waals surface area contributed by atoms with E-state index in [9.17, 15) is 10.5 Å². The van der Waals surface area contributed by atoms with Crippen molar-refractivity contribution in [3.63, 3.8) is 0 Å². The van der Waals surface area contributed by atoms with Crippen molar-refractivity contribution < 1.29 is 9.47 Å². The molecule has 0 saturated carbocycles. The third-order valence-electron chi connectivity index (χ3n) is 3.98. The number of ether oxygens (including phenoxy) is 2. The molecule has 3 heterocycles. The highest BCUT2D eigenvalue weighted by Gasteiger charge is 2.22. The molecule has 0 fully saturated rings. The number of nitrogens with zero attached hydrogens (tertiary/aromatic N) is 5. The van der Waals surface area contributed by atoms with E-state index in [1.807, 2.05) is 38.1 Å². The van der Waals surface area contributed by atoms with Crippen LogP contribution in [-0.4, -0.2) is 35.3 Å². The maximum Gasteiger partial charge on any atom is 0.148 e. The van der Waals surface area contributed by atoms with Gasteiger partial charge < -0.3 is 9.47 Å². The highest BCUT2D eigenvalue weighted by Crippen LogP contribution is 2.36. The first-order valence-electron chi connectivity index (χ1n) is 9.82. The average molecular weight is 468 g/mol. The number of nitriles is 2. The van der Waals surface area contributed by atoms with Crippen molar-refractivity contribution in [2.45, 2.75) is 24.6 Å². The van der Waals surface area contributed by atoms with Crippen molar-refractivity contribution in [3.8, 4) is 29.1 Å². The number of halogens is 1. The smallest absolute Gasteiger partial charge is 0.148 e. The topological polar surface area (TPSA) is 105 Å². The summed E-state index contributed by atoms with van der Waals surface area (Å²) in [5.74, 6) is 1.06. The van der Waals surface area contributed by atoms with Gasteiger partial charge in [-0.15, -0.1) is 0 Å². The average Bonchev–Trinajstić information content (AvgIpc) is 2.85. The molecule has 0 saturated heterocycles. The third kappa shape index (κ3) is 6.41. The van der Waals surface area contributed by atoms with Gasteiger partial charge in [-0.1, -0.05) is 43.3 Å². The van der Waals surface area contributed by atoms with E-state index in [1.54, 1.807) is 25.4 Å². The van der Waals surface area contributed by atoms with E-state index in [0.717, 1.165) is 5.69 Å². The molecule has 0 N–H and O–H groups in total. The van der Waals surface area contributed by atoms with E-state index in [0.29, 0.717) is 41.0 Å². The Hall–Kier alpha value is -3.17. The predicted molar refractivity (Wildman–Crippen MR) is 124 cm³/mol. The van der Waals surface area contributed by atoms with Crippen LogP contribution in [0.25, 0.3) is 11.3 Å². The number of hydrogen-bond donors (Lipinski definition) is 0. The molecule has 7 nitrogen and oxygen atoms in total. The van der Waals surface area contributed by atoms with Gasteiger partial charge in [0.15, 0.2) is 0 Å². The third-order valence-corrected chi connectivity index (χ3v) is 5.26. The second-order valence-corrected chi connectivity index (χ2v) is 7.21. The van der Waals surface area contributed by atoms with Crippen LogP contribution in [0.3, 0.4) is 0 Å². The SMILES string of the molecule is CC.COCCOc1ccc(-c2c(C#N)c(Cl)nc(SCc3ccccn3)c2C#N)nc1. The van der Waals surface area contributed by atoms with Crippen molar-refractivity contribution in [2.24, 2.45) is 0 Å². The quantitative estimate of drug-likeness (QED) is 0.250. The fourth-order valence-electron chi connectivity index (χ4n) is 2.58. The molecule has 0 atom stereocenters. The van der Waals surface area contributed by atoms with Gasteiger partial charge in [-0.2, -0.15) is 10.5 Å². The van der Waals surface area contributed by atoms with Crippen LogP contribution in [0, 0.1) is 22.7 Å². The molecule has 0 amide bonds. The van der Waals surface area contributed by atoms with Crippen molar-refractivity contribution >= 4 is 23.4 Å². The Morgan fingerprint density at radius 3 is 2.41 bits per heavy atom. The second kappa shape index (κ2) is 13.3. The fraction of sp³-hybridized carbons (Fsp3) is 0.261. The highest BCUT2D eigenvalue weighted by atomic mass is 35.5. The molecule has 0 bridgehead atoms. The molecule has 0 aliphatic carbocycles.